The average Bonchev–Trinajstić information content (AvgIpc) is 2.67. The van der Waals surface area contributed by atoms with Crippen LogP contribution in [0.3, 0.4) is 0 Å². The summed E-state index contributed by atoms with van der Waals surface area (Å²) in [6, 6.07) is 16.7. The van der Waals surface area contributed by atoms with E-state index in [1.807, 2.05) is 48.5 Å². The molecule has 3 rings (SSSR count). The smallest absolute Gasteiger partial charge is 0.277 e. The SMILES string of the molecule is CCc1ccc(OCC(=O)N/N=C\c2cc3ccccc3[nH]c2=O)cc1. The van der Waals surface area contributed by atoms with E-state index in [2.05, 4.69) is 22.4 Å². The number of fused-ring (bicyclic) bond motifs is 1. The third-order valence-electron chi connectivity index (χ3n) is 3.88. The third kappa shape index (κ3) is 4.36. The van der Waals surface area contributed by atoms with Crippen LogP contribution in [0, 0.1) is 0 Å². The van der Waals surface area contributed by atoms with Crippen molar-refractivity contribution in [3.05, 3.63) is 76.1 Å². The Morgan fingerprint density at radius 3 is 2.73 bits per heavy atom. The largest absolute Gasteiger partial charge is 0.484 e. The molecule has 0 bridgehead atoms. The summed E-state index contributed by atoms with van der Waals surface area (Å²) >= 11 is 0. The first-order chi connectivity index (χ1) is 12.7. The Morgan fingerprint density at radius 2 is 1.96 bits per heavy atom. The molecular weight excluding hydrogens is 330 g/mol. The Hall–Kier alpha value is -3.41. The summed E-state index contributed by atoms with van der Waals surface area (Å²) in [5.41, 5.74) is 4.40. The molecule has 2 N–H and O–H groups in total. The van der Waals surface area contributed by atoms with Crippen LogP contribution in [-0.2, 0) is 11.2 Å². The number of hydrazone groups is 1. The number of H-pyrrole nitrogens is 1. The number of rotatable bonds is 6. The third-order valence-corrected chi connectivity index (χ3v) is 3.88. The molecule has 2 aromatic carbocycles. The Kier molecular flexibility index (Phi) is 5.43. The fraction of sp³-hybridized carbons (Fsp3) is 0.150. The van der Waals surface area contributed by atoms with E-state index in [1.54, 1.807) is 6.07 Å². The first kappa shape index (κ1) is 17.4. The monoisotopic (exact) mass is 349 g/mol. The fourth-order valence-corrected chi connectivity index (χ4v) is 2.44. The molecule has 0 saturated heterocycles. The predicted octanol–water partition coefficient (Wildman–Crippen LogP) is 2.62. The number of carbonyl (C=O) groups excluding carboxylic acids is 1. The molecule has 0 spiro atoms. The zero-order valence-corrected chi connectivity index (χ0v) is 14.4. The summed E-state index contributed by atoms with van der Waals surface area (Å²) in [4.78, 5) is 26.5. The highest BCUT2D eigenvalue weighted by Gasteiger charge is 2.03. The van der Waals surface area contributed by atoms with Gasteiger partial charge in [-0.05, 0) is 41.6 Å². The van der Waals surface area contributed by atoms with Gasteiger partial charge in [-0.2, -0.15) is 5.10 Å². The van der Waals surface area contributed by atoms with E-state index in [1.165, 1.54) is 11.8 Å². The molecule has 6 nitrogen and oxygen atoms in total. The van der Waals surface area contributed by atoms with Crippen LogP contribution in [0.15, 0.2) is 64.5 Å². The molecule has 3 aromatic rings. The van der Waals surface area contributed by atoms with Crippen molar-refractivity contribution in [2.45, 2.75) is 13.3 Å². The van der Waals surface area contributed by atoms with Gasteiger partial charge < -0.3 is 9.72 Å². The van der Waals surface area contributed by atoms with Crippen LogP contribution < -0.4 is 15.7 Å². The molecule has 0 saturated carbocycles. The maximum Gasteiger partial charge on any atom is 0.277 e. The number of ether oxygens (including phenoxy) is 1. The van der Waals surface area contributed by atoms with Crippen LogP contribution in [0.1, 0.15) is 18.1 Å². The van der Waals surface area contributed by atoms with Crippen molar-refractivity contribution >= 4 is 23.0 Å². The van der Waals surface area contributed by atoms with Gasteiger partial charge in [0.1, 0.15) is 5.75 Å². The molecule has 0 unspecified atom stereocenters. The summed E-state index contributed by atoms with van der Waals surface area (Å²) in [6.45, 7) is 1.92. The predicted molar refractivity (Wildman–Crippen MR) is 102 cm³/mol. The van der Waals surface area contributed by atoms with Crippen molar-refractivity contribution in [3.8, 4) is 5.75 Å². The van der Waals surface area contributed by atoms with Crippen LogP contribution >= 0.6 is 0 Å². The quantitative estimate of drug-likeness (QED) is 0.530. The summed E-state index contributed by atoms with van der Waals surface area (Å²) in [5.74, 6) is 0.213. The highest BCUT2D eigenvalue weighted by molar-refractivity contribution is 5.88. The standard InChI is InChI=1S/C20H19N3O3/c1-2-14-7-9-17(10-8-14)26-13-19(24)23-21-12-16-11-15-5-3-4-6-18(15)22-20(16)25/h3-12H,2,13H2,1H3,(H,22,25)(H,23,24)/b21-12-. The highest BCUT2D eigenvalue weighted by Crippen LogP contribution is 2.12. The molecule has 1 heterocycles. The molecule has 132 valence electrons. The number of nitrogens with one attached hydrogen (secondary N) is 2. The molecule has 0 fully saturated rings. The highest BCUT2D eigenvalue weighted by atomic mass is 16.5. The lowest BCUT2D eigenvalue weighted by Crippen LogP contribution is -2.25. The van der Waals surface area contributed by atoms with Gasteiger partial charge in [0.2, 0.25) is 0 Å². The van der Waals surface area contributed by atoms with Crippen molar-refractivity contribution in [1.29, 1.82) is 0 Å². The second kappa shape index (κ2) is 8.11. The van der Waals surface area contributed by atoms with E-state index in [0.29, 0.717) is 11.3 Å². The van der Waals surface area contributed by atoms with Gasteiger partial charge in [0.15, 0.2) is 6.61 Å². The summed E-state index contributed by atoms with van der Waals surface area (Å²) in [7, 11) is 0. The summed E-state index contributed by atoms with van der Waals surface area (Å²) < 4.78 is 5.40. The van der Waals surface area contributed by atoms with E-state index in [9.17, 15) is 9.59 Å². The summed E-state index contributed by atoms with van der Waals surface area (Å²) in [5, 5.41) is 4.71. The minimum Gasteiger partial charge on any atom is -0.484 e. The number of hydrogen-bond acceptors (Lipinski definition) is 4. The van der Waals surface area contributed by atoms with Gasteiger partial charge in [-0.1, -0.05) is 37.3 Å². The van der Waals surface area contributed by atoms with Crippen molar-refractivity contribution in [3.63, 3.8) is 0 Å². The first-order valence-corrected chi connectivity index (χ1v) is 8.31. The van der Waals surface area contributed by atoms with Crippen molar-refractivity contribution in [2.24, 2.45) is 5.10 Å². The molecule has 26 heavy (non-hydrogen) atoms. The molecule has 0 atom stereocenters. The molecule has 0 radical (unpaired) electrons. The second-order valence-electron chi connectivity index (χ2n) is 5.72. The van der Waals surface area contributed by atoms with Crippen molar-refractivity contribution in [1.82, 2.24) is 10.4 Å². The van der Waals surface area contributed by atoms with Crippen LogP contribution in [-0.4, -0.2) is 23.7 Å². The number of aromatic amines is 1. The maximum absolute atomic E-state index is 12.0. The number of amides is 1. The normalized spacial score (nSPS) is 11.0. The number of aryl methyl sites for hydroxylation is 1. The van der Waals surface area contributed by atoms with Gasteiger partial charge in [0, 0.05) is 5.52 Å². The molecule has 6 heteroatoms. The van der Waals surface area contributed by atoms with E-state index in [4.69, 9.17) is 4.74 Å². The van der Waals surface area contributed by atoms with Crippen molar-refractivity contribution < 1.29 is 9.53 Å². The maximum atomic E-state index is 12.0. The van der Waals surface area contributed by atoms with E-state index >= 15 is 0 Å². The first-order valence-electron chi connectivity index (χ1n) is 8.31. The van der Waals surface area contributed by atoms with Gasteiger partial charge in [0.25, 0.3) is 11.5 Å². The minimum absolute atomic E-state index is 0.156. The van der Waals surface area contributed by atoms with Crippen LogP contribution in [0.25, 0.3) is 10.9 Å². The van der Waals surface area contributed by atoms with E-state index < -0.39 is 5.91 Å². The fourth-order valence-electron chi connectivity index (χ4n) is 2.44. The molecular formula is C20H19N3O3. The number of aromatic nitrogens is 1. The number of nitrogens with zero attached hydrogens (tertiary/aromatic N) is 1. The zero-order chi connectivity index (χ0) is 18.4. The Morgan fingerprint density at radius 1 is 1.19 bits per heavy atom. The van der Waals surface area contributed by atoms with Gasteiger partial charge in [-0.25, -0.2) is 5.43 Å². The van der Waals surface area contributed by atoms with Crippen LogP contribution in [0.5, 0.6) is 5.75 Å². The Bertz CT molecular complexity index is 991. The minimum atomic E-state index is -0.405. The zero-order valence-electron chi connectivity index (χ0n) is 14.4. The van der Waals surface area contributed by atoms with Gasteiger partial charge in [-0.15, -0.1) is 0 Å². The lowest BCUT2D eigenvalue weighted by Gasteiger charge is -2.05. The number of hydrogen-bond donors (Lipinski definition) is 2. The second-order valence-corrected chi connectivity index (χ2v) is 5.72. The lowest BCUT2D eigenvalue weighted by atomic mass is 10.2. The summed E-state index contributed by atoms with van der Waals surface area (Å²) in [6.07, 6.45) is 2.27. The van der Waals surface area contributed by atoms with E-state index in [-0.39, 0.29) is 12.2 Å². The number of pyridine rings is 1. The molecule has 1 aromatic heterocycles. The van der Waals surface area contributed by atoms with Crippen molar-refractivity contribution in [2.75, 3.05) is 6.61 Å². The number of para-hydroxylation sites is 1. The van der Waals surface area contributed by atoms with Crippen LogP contribution in [0.2, 0.25) is 0 Å². The lowest BCUT2D eigenvalue weighted by molar-refractivity contribution is -0.123. The molecule has 0 aliphatic carbocycles. The average molecular weight is 349 g/mol. The van der Waals surface area contributed by atoms with Crippen LogP contribution in [0.4, 0.5) is 0 Å². The molecule has 1 amide bonds. The van der Waals surface area contributed by atoms with E-state index in [0.717, 1.165) is 17.3 Å². The number of carbonyl (C=O) groups is 1. The number of benzene rings is 2. The van der Waals surface area contributed by atoms with Gasteiger partial charge >= 0.3 is 0 Å². The molecule has 0 aliphatic heterocycles. The van der Waals surface area contributed by atoms with Gasteiger partial charge in [0.05, 0.1) is 11.8 Å². The van der Waals surface area contributed by atoms with Gasteiger partial charge in [-0.3, -0.25) is 9.59 Å². The molecule has 0 aliphatic rings. The topological polar surface area (TPSA) is 83.5 Å². The Balaban J connectivity index is 1.56. The Labute approximate surface area is 150 Å².